The van der Waals surface area contributed by atoms with E-state index >= 15 is 0 Å². The summed E-state index contributed by atoms with van der Waals surface area (Å²) in [5, 5.41) is 20.0. The van der Waals surface area contributed by atoms with E-state index in [2.05, 4.69) is 29.5 Å². The highest BCUT2D eigenvalue weighted by molar-refractivity contribution is 14.1. The van der Waals surface area contributed by atoms with Crippen LogP contribution in [0, 0.1) is 33.2 Å². The molecule has 4 heteroatoms. The molecule has 4 aliphatic rings. The van der Waals surface area contributed by atoms with E-state index in [9.17, 15) is 10.2 Å². The maximum absolute atomic E-state index is 10.2. The zero-order valence-corrected chi connectivity index (χ0v) is 16.4. The Morgan fingerprint density at radius 3 is 2.25 bits per heavy atom. The lowest BCUT2D eigenvalue weighted by Gasteiger charge is -2.55. The fraction of sp³-hybridized carbons (Fsp3) is 0.600. The van der Waals surface area contributed by atoms with Gasteiger partial charge in [-0.2, -0.15) is 0 Å². The van der Waals surface area contributed by atoms with Crippen molar-refractivity contribution in [2.45, 2.75) is 39.2 Å². The molecule has 0 atom stereocenters. The van der Waals surface area contributed by atoms with Gasteiger partial charge in [0.2, 0.25) is 0 Å². The minimum atomic E-state index is -0.0383. The largest absolute Gasteiger partial charge is 0.507 e. The standard InChI is InChI=1S/C20H25IO3/c1-10-11-3-13-5-12(10)6-14(4-11)19(13)20(24-2)16-8-18(23)17(21)7-15(16)9-22/h7-8,10-14,22-23H,3-6,9H2,1-2H3. The van der Waals surface area contributed by atoms with E-state index in [0.29, 0.717) is 11.8 Å². The van der Waals surface area contributed by atoms with Crippen molar-refractivity contribution >= 4 is 28.4 Å². The van der Waals surface area contributed by atoms with E-state index in [0.717, 1.165) is 38.2 Å². The Balaban J connectivity index is 1.82. The van der Waals surface area contributed by atoms with E-state index in [1.807, 2.05) is 6.07 Å². The Morgan fingerprint density at radius 1 is 1.17 bits per heavy atom. The molecule has 0 spiro atoms. The normalized spacial score (nSPS) is 33.8. The van der Waals surface area contributed by atoms with Crippen LogP contribution in [0.3, 0.4) is 0 Å². The van der Waals surface area contributed by atoms with Gasteiger partial charge in [0, 0.05) is 5.56 Å². The number of halogens is 1. The van der Waals surface area contributed by atoms with Gasteiger partial charge in [0.05, 0.1) is 17.3 Å². The molecule has 0 aliphatic heterocycles. The average molecular weight is 440 g/mol. The van der Waals surface area contributed by atoms with Gasteiger partial charge < -0.3 is 14.9 Å². The number of benzene rings is 1. The maximum Gasteiger partial charge on any atom is 0.129 e. The summed E-state index contributed by atoms with van der Waals surface area (Å²) in [5.41, 5.74) is 3.16. The second kappa shape index (κ2) is 6.20. The van der Waals surface area contributed by atoms with Gasteiger partial charge in [-0.05, 0) is 101 Å². The first-order valence-electron chi connectivity index (χ1n) is 8.94. The van der Waals surface area contributed by atoms with Crippen LogP contribution in [-0.4, -0.2) is 17.3 Å². The van der Waals surface area contributed by atoms with Gasteiger partial charge >= 0.3 is 0 Å². The summed E-state index contributed by atoms with van der Waals surface area (Å²) >= 11 is 2.10. The molecule has 0 amide bonds. The number of aliphatic hydroxyl groups excluding tert-OH is 1. The molecule has 5 rings (SSSR count). The fourth-order valence-corrected chi connectivity index (χ4v) is 6.16. The molecule has 24 heavy (non-hydrogen) atoms. The third-order valence-electron chi connectivity index (χ3n) is 6.77. The lowest BCUT2D eigenvalue weighted by atomic mass is 9.50. The second-order valence-corrected chi connectivity index (χ2v) is 8.99. The predicted octanol–water partition coefficient (Wildman–Crippen LogP) is 4.55. The SMILES string of the molecule is COC(=C1C2CC3CC1CC(C2)C3C)c1cc(O)c(I)cc1CO. The second-order valence-electron chi connectivity index (χ2n) is 7.82. The van der Waals surface area contributed by atoms with E-state index in [4.69, 9.17) is 4.74 Å². The third kappa shape index (κ3) is 2.48. The number of rotatable bonds is 3. The first-order valence-corrected chi connectivity index (χ1v) is 10.0. The van der Waals surface area contributed by atoms with Crippen molar-refractivity contribution < 1.29 is 14.9 Å². The number of hydrogen-bond donors (Lipinski definition) is 2. The quantitative estimate of drug-likeness (QED) is 0.536. The summed E-state index contributed by atoms with van der Waals surface area (Å²) in [4.78, 5) is 0. The Morgan fingerprint density at radius 2 is 1.75 bits per heavy atom. The molecule has 4 fully saturated rings. The molecular weight excluding hydrogens is 415 g/mol. The molecule has 4 aliphatic carbocycles. The van der Waals surface area contributed by atoms with Gasteiger partial charge in [-0.1, -0.05) is 6.92 Å². The average Bonchev–Trinajstić information content (AvgIpc) is 2.56. The van der Waals surface area contributed by atoms with E-state index in [1.54, 1.807) is 13.2 Å². The molecule has 3 nitrogen and oxygen atoms in total. The zero-order chi connectivity index (χ0) is 17.0. The van der Waals surface area contributed by atoms with Crippen LogP contribution in [-0.2, 0) is 11.3 Å². The van der Waals surface area contributed by atoms with E-state index < -0.39 is 0 Å². The van der Waals surface area contributed by atoms with Crippen molar-refractivity contribution in [3.8, 4) is 5.75 Å². The van der Waals surface area contributed by atoms with Crippen LogP contribution in [0.15, 0.2) is 17.7 Å². The molecule has 2 N–H and O–H groups in total. The third-order valence-corrected chi connectivity index (χ3v) is 7.63. The van der Waals surface area contributed by atoms with Crippen LogP contribution in [0.5, 0.6) is 5.75 Å². The van der Waals surface area contributed by atoms with Crippen molar-refractivity contribution in [1.82, 2.24) is 0 Å². The number of phenolic OH excluding ortho intramolecular Hbond substituents is 1. The summed E-state index contributed by atoms with van der Waals surface area (Å²) in [5.74, 6) is 5.02. The lowest BCUT2D eigenvalue weighted by Crippen LogP contribution is -2.45. The topological polar surface area (TPSA) is 49.7 Å². The minimum absolute atomic E-state index is 0.0383. The van der Waals surface area contributed by atoms with Gasteiger partial charge in [-0.15, -0.1) is 0 Å². The van der Waals surface area contributed by atoms with Gasteiger partial charge in [0.25, 0.3) is 0 Å². The number of aromatic hydroxyl groups is 1. The predicted molar refractivity (Wildman–Crippen MR) is 102 cm³/mol. The minimum Gasteiger partial charge on any atom is -0.507 e. The van der Waals surface area contributed by atoms with Crippen molar-refractivity contribution in [2.75, 3.05) is 7.11 Å². The van der Waals surface area contributed by atoms with Gasteiger partial charge in [0.15, 0.2) is 0 Å². The Hall–Kier alpha value is -0.750. The Kier molecular flexibility index (Phi) is 4.32. The molecule has 130 valence electrons. The number of phenols is 1. The molecule has 1 aromatic rings. The molecule has 0 radical (unpaired) electrons. The van der Waals surface area contributed by atoms with E-state index in [-0.39, 0.29) is 12.4 Å². The number of hydrogen-bond acceptors (Lipinski definition) is 3. The first kappa shape index (κ1) is 16.7. The molecule has 4 saturated carbocycles. The number of ether oxygens (including phenoxy) is 1. The van der Waals surface area contributed by atoms with Crippen molar-refractivity contribution in [1.29, 1.82) is 0 Å². The molecule has 1 aromatic carbocycles. The van der Waals surface area contributed by atoms with Crippen LogP contribution >= 0.6 is 22.6 Å². The lowest BCUT2D eigenvalue weighted by molar-refractivity contribution is 0.0110. The van der Waals surface area contributed by atoms with Crippen molar-refractivity contribution in [3.05, 3.63) is 32.4 Å². The number of methoxy groups -OCH3 is 1. The molecule has 0 heterocycles. The van der Waals surface area contributed by atoms with Gasteiger partial charge in [0.1, 0.15) is 11.5 Å². The highest BCUT2D eigenvalue weighted by Gasteiger charge is 2.50. The van der Waals surface area contributed by atoms with Crippen LogP contribution in [0.2, 0.25) is 0 Å². The smallest absolute Gasteiger partial charge is 0.129 e. The first-order chi connectivity index (χ1) is 11.5. The molecule has 0 aromatic heterocycles. The molecule has 4 bridgehead atoms. The van der Waals surface area contributed by atoms with Crippen molar-refractivity contribution in [3.63, 3.8) is 0 Å². The van der Waals surface area contributed by atoms with Gasteiger partial charge in [-0.25, -0.2) is 0 Å². The van der Waals surface area contributed by atoms with Crippen LogP contribution in [0.25, 0.3) is 5.76 Å². The Labute approximate surface area is 157 Å². The van der Waals surface area contributed by atoms with E-state index in [1.165, 1.54) is 31.3 Å². The summed E-state index contributed by atoms with van der Waals surface area (Å²) in [6.07, 6.45) is 5.12. The van der Waals surface area contributed by atoms with Crippen LogP contribution < -0.4 is 0 Å². The molecular formula is C20H25IO3. The summed E-state index contributed by atoms with van der Waals surface area (Å²) < 4.78 is 6.65. The van der Waals surface area contributed by atoms with Crippen molar-refractivity contribution in [2.24, 2.45) is 29.6 Å². The van der Waals surface area contributed by atoms with Crippen LogP contribution in [0.1, 0.15) is 43.7 Å². The highest BCUT2D eigenvalue weighted by Crippen LogP contribution is 2.60. The van der Waals surface area contributed by atoms with Crippen LogP contribution in [0.4, 0.5) is 0 Å². The summed E-state index contributed by atoms with van der Waals surface area (Å²) in [7, 11) is 1.73. The highest BCUT2D eigenvalue weighted by atomic mass is 127. The maximum atomic E-state index is 10.2. The fourth-order valence-electron chi connectivity index (χ4n) is 5.63. The molecule has 0 unspecified atom stereocenters. The Bertz CT molecular complexity index is 662. The summed E-state index contributed by atoms with van der Waals surface area (Å²) in [6, 6.07) is 3.63. The zero-order valence-electron chi connectivity index (χ0n) is 14.3. The summed E-state index contributed by atoms with van der Waals surface area (Å²) in [6.45, 7) is 2.40. The number of allylic oxidation sites excluding steroid dienone is 1. The van der Waals surface area contributed by atoms with Gasteiger partial charge in [-0.3, -0.25) is 0 Å². The molecule has 0 saturated heterocycles. The number of aliphatic hydroxyl groups is 1. The monoisotopic (exact) mass is 440 g/mol.